The maximum Gasteiger partial charge on any atom is 0.262 e. The number of amides is 2. The Bertz CT molecular complexity index is 584. The molecule has 7 heteroatoms. The number of anilines is 3. The molecule has 1 aromatic carbocycles. The Balaban J connectivity index is 2.16. The largest absolute Gasteiger partial charge is 0.482 e. The number of rotatable bonds is 4. The minimum absolute atomic E-state index is 0.0110. The number of hydrogen-bond donors (Lipinski definition) is 4. The zero-order valence-electron chi connectivity index (χ0n) is 12.4. The van der Waals surface area contributed by atoms with Crippen molar-refractivity contribution < 1.29 is 14.3 Å². The van der Waals surface area contributed by atoms with Crippen LogP contribution in [0.2, 0.25) is 0 Å². The second-order valence-corrected chi connectivity index (χ2v) is 5.59. The summed E-state index contributed by atoms with van der Waals surface area (Å²) < 4.78 is 5.29. The van der Waals surface area contributed by atoms with E-state index in [0.29, 0.717) is 29.4 Å². The smallest absolute Gasteiger partial charge is 0.262 e. The molecule has 0 spiro atoms. The van der Waals surface area contributed by atoms with Gasteiger partial charge in [-0.1, -0.05) is 0 Å². The second-order valence-electron chi connectivity index (χ2n) is 5.59. The van der Waals surface area contributed by atoms with Gasteiger partial charge in [0.05, 0.1) is 22.5 Å². The van der Waals surface area contributed by atoms with Crippen LogP contribution >= 0.6 is 0 Å². The van der Waals surface area contributed by atoms with Gasteiger partial charge in [0.15, 0.2) is 6.61 Å². The number of nitrogens with one attached hydrogen (secondary N) is 3. The van der Waals surface area contributed by atoms with Crippen LogP contribution < -0.4 is 26.4 Å². The van der Waals surface area contributed by atoms with Crippen molar-refractivity contribution in [2.45, 2.75) is 13.8 Å². The maximum atomic E-state index is 11.8. The lowest BCUT2D eigenvalue weighted by Gasteiger charge is -2.25. The average Bonchev–Trinajstić information content (AvgIpc) is 2.44. The standard InChI is InChI=1S/C14H20N4O3/c1-14(2,13(20)16-3)7-17-9-5-10-11(4-8(9)15)21-6-12(19)18-10/h4-5,17H,6-7,15H2,1-3H3,(H,16,20)(H,18,19). The fourth-order valence-electron chi connectivity index (χ4n) is 2.03. The first kappa shape index (κ1) is 15.0. The summed E-state index contributed by atoms with van der Waals surface area (Å²) in [6.45, 7) is 4.06. The summed E-state index contributed by atoms with van der Waals surface area (Å²) in [6.07, 6.45) is 0. The Kier molecular flexibility index (Phi) is 3.93. The highest BCUT2D eigenvalue weighted by Gasteiger charge is 2.27. The van der Waals surface area contributed by atoms with Gasteiger partial charge < -0.3 is 26.4 Å². The summed E-state index contributed by atoms with van der Waals surface area (Å²) in [5, 5.41) is 8.49. The van der Waals surface area contributed by atoms with Gasteiger partial charge >= 0.3 is 0 Å². The topological polar surface area (TPSA) is 105 Å². The van der Waals surface area contributed by atoms with E-state index in [0.717, 1.165) is 0 Å². The van der Waals surface area contributed by atoms with E-state index in [2.05, 4.69) is 16.0 Å². The van der Waals surface area contributed by atoms with E-state index < -0.39 is 5.41 Å². The molecule has 0 radical (unpaired) electrons. The molecule has 0 atom stereocenters. The summed E-state index contributed by atoms with van der Waals surface area (Å²) >= 11 is 0. The summed E-state index contributed by atoms with van der Waals surface area (Å²) in [7, 11) is 1.60. The van der Waals surface area contributed by atoms with Crippen LogP contribution in [0.3, 0.4) is 0 Å². The normalized spacial score (nSPS) is 13.8. The van der Waals surface area contributed by atoms with Crippen molar-refractivity contribution >= 4 is 28.9 Å². The van der Waals surface area contributed by atoms with Gasteiger partial charge in [-0.2, -0.15) is 0 Å². The Labute approximate surface area is 123 Å². The quantitative estimate of drug-likeness (QED) is 0.614. The predicted octanol–water partition coefficient (Wildman–Crippen LogP) is 0.784. The number of fused-ring (bicyclic) bond motifs is 1. The molecule has 0 saturated heterocycles. The molecule has 0 fully saturated rings. The second kappa shape index (κ2) is 5.51. The van der Waals surface area contributed by atoms with Gasteiger partial charge in [-0.15, -0.1) is 0 Å². The lowest BCUT2D eigenvalue weighted by atomic mass is 9.92. The van der Waals surface area contributed by atoms with Gasteiger partial charge in [0.25, 0.3) is 5.91 Å². The van der Waals surface area contributed by atoms with Crippen LogP contribution in [0.1, 0.15) is 13.8 Å². The van der Waals surface area contributed by atoms with Crippen LogP contribution in [-0.4, -0.2) is 32.0 Å². The van der Waals surface area contributed by atoms with E-state index in [1.807, 2.05) is 13.8 Å². The minimum atomic E-state index is -0.586. The zero-order valence-corrected chi connectivity index (χ0v) is 12.4. The molecule has 1 aromatic rings. The number of hydrogen-bond acceptors (Lipinski definition) is 5. The molecule has 0 aromatic heterocycles. The first-order valence-electron chi connectivity index (χ1n) is 6.66. The number of carbonyl (C=O) groups excluding carboxylic acids is 2. The van der Waals surface area contributed by atoms with Crippen LogP contribution in [0.5, 0.6) is 5.75 Å². The third-order valence-corrected chi connectivity index (χ3v) is 3.35. The zero-order chi connectivity index (χ0) is 15.6. The van der Waals surface area contributed by atoms with Crippen molar-refractivity contribution in [3.63, 3.8) is 0 Å². The van der Waals surface area contributed by atoms with Crippen LogP contribution in [0.25, 0.3) is 0 Å². The summed E-state index contributed by atoms with van der Waals surface area (Å²) in [4.78, 5) is 23.1. The molecule has 0 bridgehead atoms. The minimum Gasteiger partial charge on any atom is -0.482 e. The predicted molar refractivity (Wildman–Crippen MR) is 81.3 cm³/mol. The van der Waals surface area contributed by atoms with E-state index >= 15 is 0 Å². The van der Waals surface area contributed by atoms with Crippen LogP contribution in [0.4, 0.5) is 17.1 Å². The number of ether oxygens (including phenoxy) is 1. The van der Waals surface area contributed by atoms with Gasteiger partial charge in [0.2, 0.25) is 5.91 Å². The number of nitrogen functional groups attached to an aromatic ring is 1. The molecule has 7 nitrogen and oxygen atoms in total. The Morgan fingerprint density at radius 1 is 1.48 bits per heavy atom. The van der Waals surface area contributed by atoms with Crippen molar-refractivity contribution in [3.8, 4) is 5.75 Å². The summed E-state index contributed by atoms with van der Waals surface area (Å²) in [6, 6.07) is 3.37. The molecule has 1 aliphatic rings. The lowest BCUT2D eigenvalue weighted by molar-refractivity contribution is -0.128. The maximum absolute atomic E-state index is 11.8. The first-order valence-corrected chi connectivity index (χ1v) is 6.66. The molecule has 0 unspecified atom stereocenters. The number of carbonyl (C=O) groups is 2. The molecule has 0 saturated carbocycles. The van der Waals surface area contributed by atoms with E-state index in [1.165, 1.54) is 0 Å². The molecule has 21 heavy (non-hydrogen) atoms. The van der Waals surface area contributed by atoms with Crippen molar-refractivity contribution in [2.24, 2.45) is 5.41 Å². The van der Waals surface area contributed by atoms with Crippen molar-refractivity contribution in [3.05, 3.63) is 12.1 Å². The van der Waals surface area contributed by atoms with Gasteiger partial charge in [-0.25, -0.2) is 0 Å². The third-order valence-electron chi connectivity index (χ3n) is 3.35. The Morgan fingerprint density at radius 3 is 2.86 bits per heavy atom. The van der Waals surface area contributed by atoms with Crippen LogP contribution in [-0.2, 0) is 9.59 Å². The van der Waals surface area contributed by atoms with Crippen LogP contribution in [0, 0.1) is 5.41 Å². The summed E-state index contributed by atoms with van der Waals surface area (Å²) in [5.74, 6) is 0.273. The van der Waals surface area contributed by atoms with E-state index in [-0.39, 0.29) is 18.4 Å². The fourth-order valence-corrected chi connectivity index (χ4v) is 2.03. The first-order chi connectivity index (χ1) is 9.83. The van der Waals surface area contributed by atoms with Gasteiger partial charge in [0.1, 0.15) is 5.75 Å². The average molecular weight is 292 g/mol. The third kappa shape index (κ3) is 3.18. The molecule has 5 N–H and O–H groups in total. The molecule has 1 aliphatic heterocycles. The lowest BCUT2D eigenvalue weighted by Crippen LogP contribution is -2.39. The monoisotopic (exact) mass is 292 g/mol. The molecular weight excluding hydrogens is 272 g/mol. The fraction of sp³-hybridized carbons (Fsp3) is 0.429. The van der Waals surface area contributed by atoms with E-state index in [1.54, 1.807) is 19.2 Å². The highest BCUT2D eigenvalue weighted by Crippen LogP contribution is 2.35. The molecule has 114 valence electrons. The summed E-state index contributed by atoms with van der Waals surface area (Å²) in [5.41, 5.74) is 7.09. The van der Waals surface area contributed by atoms with Crippen molar-refractivity contribution in [1.82, 2.24) is 5.32 Å². The van der Waals surface area contributed by atoms with Crippen molar-refractivity contribution in [1.29, 1.82) is 0 Å². The highest BCUT2D eigenvalue weighted by atomic mass is 16.5. The van der Waals surface area contributed by atoms with Gasteiger partial charge in [-0.05, 0) is 19.9 Å². The van der Waals surface area contributed by atoms with Crippen molar-refractivity contribution in [2.75, 3.05) is 36.6 Å². The van der Waals surface area contributed by atoms with Gasteiger partial charge in [-0.3, -0.25) is 9.59 Å². The highest BCUT2D eigenvalue weighted by molar-refractivity contribution is 5.97. The molecular formula is C14H20N4O3. The molecule has 1 heterocycles. The van der Waals surface area contributed by atoms with E-state index in [4.69, 9.17) is 10.5 Å². The Morgan fingerprint density at radius 2 is 2.19 bits per heavy atom. The SMILES string of the molecule is CNC(=O)C(C)(C)CNc1cc2c(cc1N)OCC(=O)N2. The van der Waals surface area contributed by atoms with E-state index in [9.17, 15) is 9.59 Å². The molecule has 2 amide bonds. The Hall–Kier alpha value is -2.44. The number of benzene rings is 1. The molecule has 0 aliphatic carbocycles. The number of nitrogens with two attached hydrogens (primary N) is 1. The van der Waals surface area contributed by atoms with Crippen LogP contribution in [0.15, 0.2) is 12.1 Å². The van der Waals surface area contributed by atoms with Gasteiger partial charge in [0, 0.05) is 19.7 Å². The molecule has 2 rings (SSSR count).